The van der Waals surface area contributed by atoms with Crippen LogP contribution in [0.5, 0.6) is 0 Å². The minimum Gasteiger partial charge on any atom is -0.396 e. The molecule has 0 aliphatic carbocycles. The third kappa shape index (κ3) is 13.3. The van der Waals surface area contributed by atoms with Gasteiger partial charge in [0.25, 0.3) is 0 Å². The summed E-state index contributed by atoms with van der Waals surface area (Å²) in [5.74, 6) is 3.77. The van der Waals surface area contributed by atoms with Gasteiger partial charge >= 0.3 is 0 Å². The Bertz CT molecular complexity index is 1730. The Morgan fingerprint density at radius 1 is 0.828 bits per heavy atom. The van der Waals surface area contributed by atoms with Crippen LogP contribution in [0.15, 0.2) is 12.4 Å². The lowest BCUT2D eigenvalue weighted by molar-refractivity contribution is -0.368. The molecule has 2 saturated heterocycles. The molecule has 0 unspecified atom stereocenters. The number of hydrogen-bond donors (Lipinski definition) is 3. The number of anilines is 3. The van der Waals surface area contributed by atoms with Crippen LogP contribution >= 0.6 is 0 Å². The number of aliphatic hydroxyl groups excluding tert-OH is 1. The smallest absolute Gasteiger partial charge is 0.247 e. The first-order valence-electron chi connectivity index (χ1n) is 20.2. The molecule has 1 atom stereocenters. The molecule has 5 heterocycles. The number of aryl methyl sites for hydroxylation is 1. The molecule has 2 aliphatic rings. The van der Waals surface area contributed by atoms with Crippen molar-refractivity contribution in [1.82, 2.24) is 54.7 Å². The Morgan fingerprint density at radius 2 is 1.45 bits per heavy atom. The quantitative estimate of drug-likeness (QED) is 0.0665. The predicted molar refractivity (Wildman–Crippen MR) is 213 cm³/mol. The second-order valence-electron chi connectivity index (χ2n) is 14.4. The molecule has 58 heavy (non-hydrogen) atoms. The zero-order valence-electron chi connectivity index (χ0n) is 34.0. The van der Waals surface area contributed by atoms with E-state index in [2.05, 4.69) is 47.4 Å². The van der Waals surface area contributed by atoms with Crippen LogP contribution in [-0.2, 0) is 43.2 Å². The Hall–Kier alpha value is -5.01. The highest BCUT2D eigenvalue weighted by Crippen LogP contribution is 2.24. The van der Waals surface area contributed by atoms with Crippen LogP contribution in [0, 0.1) is 18.3 Å². The van der Waals surface area contributed by atoms with Crippen LogP contribution in [0.1, 0.15) is 44.1 Å². The fourth-order valence-electron chi connectivity index (χ4n) is 6.63. The van der Waals surface area contributed by atoms with E-state index < -0.39 is 6.04 Å². The number of aromatic nitrogens is 9. The van der Waals surface area contributed by atoms with Gasteiger partial charge in [0.15, 0.2) is 0 Å². The van der Waals surface area contributed by atoms with Crippen molar-refractivity contribution in [2.24, 2.45) is 5.92 Å². The molecule has 2 fully saturated rings. The maximum atomic E-state index is 13.8. The van der Waals surface area contributed by atoms with Gasteiger partial charge in [-0.05, 0) is 25.2 Å². The highest BCUT2D eigenvalue weighted by Gasteiger charge is 2.33. The first-order valence-corrected chi connectivity index (χ1v) is 20.2. The number of aliphatic hydroxyl groups is 1. The molecule has 21 nitrogen and oxygen atoms in total. The fraction of sp³-hybridized carbons (Fsp3) is 0.703. The van der Waals surface area contributed by atoms with Crippen LogP contribution in [0.3, 0.4) is 0 Å². The van der Waals surface area contributed by atoms with Gasteiger partial charge in [0.05, 0.1) is 51.0 Å². The van der Waals surface area contributed by atoms with Gasteiger partial charge in [-0.2, -0.15) is 15.0 Å². The van der Waals surface area contributed by atoms with Gasteiger partial charge in [0, 0.05) is 84.3 Å². The largest absolute Gasteiger partial charge is 0.396 e. The summed E-state index contributed by atoms with van der Waals surface area (Å²) in [4.78, 5) is 49.3. The average Bonchev–Trinajstić information content (AvgIpc) is 3.89. The lowest BCUT2D eigenvalue weighted by Crippen LogP contribution is -2.52. The molecule has 0 bridgehead atoms. The number of carbonyl (C=O) groups is 2. The van der Waals surface area contributed by atoms with E-state index in [9.17, 15) is 14.7 Å². The SMILES string of the molecule is C#CCOCCOCCOCCNc1nc(N2CCN(C(=O)Cn3cc(CCCC[NH3+])nn3)CC2)nc(N2CCN(C(=O)[C@H](C(C)C)n3cc(CCO)nn3)CC2)n1. The molecule has 21 heteroatoms. The van der Waals surface area contributed by atoms with Crippen molar-refractivity contribution in [1.29, 1.82) is 0 Å². The second kappa shape index (κ2) is 23.4. The molecule has 0 radical (unpaired) electrons. The molecular weight excluding hydrogens is 751 g/mol. The van der Waals surface area contributed by atoms with Crippen LogP contribution in [0.4, 0.5) is 17.8 Å². The number of ether oxygens (including phenoxy) is 3. The van der Waals surface area contributed by atoms with E-state index in [1.165, 1.54) is 0 Å². The molecular formula is C37H60N15O6+. The topological polar surface area (TPSA) is 235 Å². The monoisotopic (exact) mass is 810 g/mol. The van der Waals surface area contributed by atoms with Crippen molar-refractivity contribution in [3.63, 3.8) is 0 Å². The number of nitrogens with zero attached hydrogens (tertiary/aromatic N) is 13. The fourth-order valence-corrected chi connectivity index (χ4v) is 6.63. The van der Waals surface area contributed by atoms with Crippen molar-refractivity contribution in [3.05, 3.63) is 23.8 Å². The lowest BCUT2D eigenvalue weighted by Gasteiger charge is -2.38. The molecule has 3 aromatic heterocycles. The minimum atomic E-state index is -0.513. The number of carbonyl (C=O) groups excluding carboxylic acids is 2. The molecule has 318 valence electrons. The van der Waals surface area contributed by atoms with E-state index in [0.29, 0.717) is 122 Å². The van der Waals surface area contributed by atoms with Crippen LogP contribution in [0.25, 0.3) is 0 Å². The van der Waals surface area contributed by atoms with E-state index in [1.54, 1.807) is 15.6 Å². The summed E-state index contributed by atoms with van der Waals surface area (Å²) in [6.07, 6.45) is 12.0. The molecule has 2 aliphatic heterocycles. The number of amides is 2. The molecule has 3 aromatic rings. The maximum Gasteiger partial charge on any atom is 0.247 e. The molecule has 0 spiro atoms. The Balaban J connectivity index is 1.18. The number of rotatable bonds is 24. The normalized spacial score (nSPS) is 15.2. The average molecular weight is 811 g/mol. The van der Waals surface area contributed by atoms with Gasteiger partial charge in [-0.1, -0.05) is 30.2 Å². The second-order valence-corrected chi connectivity index (χ2v) is 14.4. The van der Waals surface area contributed by atoms with Crippen LogP contribution in [0.2, 0.25) is 0 Å². The Labute approximate surface area is 339 Å². The highest BCUT2D eigenvalue weighted by atomic mass is 16.5. The summed E-state index contributed by atoms with van der Waals surface area (Å²) in [5, 5.41) is 29.3. The highest BCUT2D eigenvalue weighted by molar-refractivity contribution is 5.81. The molecule has 2 amide bonds. The number of terminal acetylenes is 1. The van der Waals surface area contributed by atoms with Crippen LogP contribution < -0.4 is 20.9 Å². The summed E-state index contributed by atoms with van der Waals surface area (Å²) in [6.45, 7) is 11.9. The van der Waals surface area contributed by atoms with Crippen molar-refractivity contribution in [2.75, 3.05) is 127 Å². The van der Waals surface area contributed by atoms with Crippen LogP contribution in [-0.4, -0.2) is 183 Å². The first kappa shape index (κ1) is 44.1. The van der Waals surface area contributed by atoms with E-state index in [1.807, 2.05) is 29.8 Å². The van der Waals surface area contributed by atoms with Gasteiger partial charge in [0.2, 0.25) is 29.7 Å². The van der Waals surface area contributed by atoms with Gasteiger partial charge in [-0.25, -0.2) is 9.36 Å². The van der Waals surface area contributed by atoms with E-state index in [0.717, 1.165) is 31.5 Å². The third-order valence-electron chi connectivity index (χ3n) is 9.77. The third-order valence-corrected chi connectivity index (χ3v) is 9.77. The van der Waals surface area contributed by atoms with Crippen molar-refractivity contribution in [2.45, 2.75) is 52.1 Å². The standard InChI is InChI=1S/C37H59N15O6/c1-4-20-56-22-24-58-25-23-57-21-10-39-35-40-36(49-15-11-47(12-16-49)32(54)28-51-26-30(43-45-51)7-5-6-9-38)42-37(41-35)50-17-13-48(14-18-50)34(55)33(29(2)3)52-27-31(8-19-53)44-46-52/h1,26-27,29,33,53H,5-25,28,38H2,2-3H3,(H,39,40,41,42)/p+1/t33-/m0/s1. The molecule has 5 N–H and O–H groups in total. The zero-order chi connectivity index (χ0) is 41.1. The number of hydrogen-bond acceptors (Lipinski definition) is 16. The number of quaternary nitrogens is 1. The number of piperazine rings is 2. The number of unbranched alkanes of at least 4 members (excludes halogenated alkanes) is 1. The van der Waals surface area contributed by atoms with E-state index >= 15 is 0 Å². The summed E-state index contributed by atoms with van der Waals surface area (Å²) < 4.78 is 19.7. The minimum absolute atomic E-state index is 0.0169. The number of nitrogens with one attached hydrogen (secondary N) is 1. The summed E-state index contributed by atoms with van der Waals surface area (Å²) in [7, 11) is 0. The van der Waals surface area contributed by atoms with Crippen molar-refractivity contribution < 1.29 is 34.6 Å². The van der Waals surface area contributed by atoms with Crippen molar-refractivity contribution in [3.8, 4) is 12.3 Å². The van der Waals surface area contributed by atoms with E-state index in [-0.39, 0.29) is 37.5 Å². The van der Waals surface area contributed by atoms with Crippen molar-refractivity contribution >= 4 is 29.7 Å². The molecule has 5 rings (SSSR count). The van der Waals surface area contributed by atoms with Gasteiger partial charge < -0.3 is 50.0 Å². The summed E-state index contributed by atoms with van der Waals surface area (Å²) in [5.41, 5.74) is 5.41. The Kier molecular flexibility index (Phi) is 17.8. The van der Waals surface area contributed by atoms with Gasteiger partial charge in [-0.15, -0.1) is 16.6 Å². The zero-order valence-corrected chi connectivity index (χ0v) is 34.0. The maximum absolute atomic E-state index is 13.8. The predicted octanol–water partition coefficient (Wildman–Crippen LogP) is -1.86. The molecule has 0 aromatic carbocycles. The van der Waals surface area contributed by atoms with Gasteiger partial charge in [0.1, 0.15) is 19.2 Å². The van der Waals surface area contributed by atoms with E-state index in [4.69, 9.17) is 35.6 Å². The van der Waals surface area contributed by atoms with Gasteiger partial charge in [-0.3, -0.25) is 9.59 Å². The Morgan fingerprint density at radius 3 is 2.09 bits per heavy atom. The molecule has 0 saturated carbocycles. The lowest BCUT2D eigenvalue weighted by atomic mass is 10.0. The summed E-state index contributed by atoms with van der Waals surface area (Å²) in [6, 6.07) is -0.513. The first-order chi connectivity index (χ1) is 28.3. The summed E-state index contributed by atoms with van der Waals surface area (Å²) >= 11 is 0.